The fourth-order valence-corrected chi connectivity index (χ4v) is 6.93. The maximum Gasteiger partial charge on any atom is 0.0159 e. The van der Waals surface area contributed by atoms with Crippen LogP contribution in [0.25, 0.3) is 65.7 Å². The zero-order valence-corrected chi connectivity index (χ0v) is 22.2. The molecule has 0 radical (unpaired) electrons. The molecule has 0 N–H and O–H groups in total. The molecule has 0 aliphatic heterocycles. The van der Waals surface area contributed by atoms with E-state index in [1.807, 2.05) is 0 Å². The summed E-state index contributed by atoms with van der Waals surface area (Å²) in [6.07, 6.45) is 0. The van der Waals surface area contributed by atoms with Gasteiger partial charge < -0.3 is 0 Å². The molecule has 1 aliphatic rings. The summed E-state index contributed by atoms with van der Waals surface area (Å²) < 4.78 is 0. The van der Waals surface area contributed by atoms with Gasteiger partial charge in [-0.05, 0) is 82.9 Å². The lowest BCUT2D eigenvalue weighted by Crippen LogP contribution is -2.23. The molecule has 0 atom stereocenters. The summed E-state index contributed by atoms with van der Waals surface area (Å²) in [5.41, 5.74) is 10.6. The van der Waals surface area contributed by atoms with Crippen LogP contribution in [-0.4, -0.2) is 0 Å². The second-order valence-electron chi connectivity index (χ2n) is 11.3. The van der Waals surface area contributed by atoms with Crippen LogP contribution in [-0.2, 0) is 5.41 Å². The molecule has 7 aromatic carbocycles. The fourth-order valence-electron chi connectivity index (χ4n) is 6.93. The predicted octanol–water partition coefficient (Wildman–Crippen LogP) is 10.8. The average Bonchev–Trinajstić information content (AvgIpc) is 2.99. The van der Waals surface area contributed by atoms with Crippen LogP contribution in [0.3, 0.4) is 0 Å². The van der Waals surface area contributed by atoms with Gasteiger partial charge in [0.2, 0.25) is 0 Å². The van der Waals surface area contributed by atoms with Gasteiger partial charge in [-0.15, -0.1) is 0 Å². The van der Waals surface area contributed by atoms with E-state index in [1.165, 1.54) is 76.8 Å². The van der Waals surface area contributed by atoms with Crippen LogP contribution < -0.4 is 0 Å². The highest BCUT2D eigenvalue weighted by atomic mass is 14.4. The van der Waals surface area contributed by atoms with Crippen molar-refractivity contribution in [3.05, 3.63) is 145 Å². The molecule has 0 bridgehead atoms. The molecule has 184 valence electrons. The van der Waals surface area contributed by atoms with Crippen LogP contribution in [0.2, 0.25) is 0 Å². The maximum absolute atomic E-state index is 2.37. The van der Waals surface area contributed by atoms with Gasteiger partial charge in [-0.1, -0.05) is 141 Å². The van der Waals surface area contributed by atoms with Crippen LogP contribution >= 0.6 is 0 Å². The first kappa shape index (κ1) is 22.3. The van der Waals surface area contributed by atoms with Gasteiger partial charge in [-0.3, -0.25) is 0 Å². The van der Waals surface area contributed by atoms with Crippen LogP contribution in [0.5, 0.6) is 0 Å². The maximum atomic E-state index is 2.37. The molecule has 0 nitrogen and oxygen atoms in total. The molecule has 8 rings (SSSR count). The van der Waals surface area contributed by atoms with Crippen LogP contribution in [0.15, 0.2) is 133 Å². The van der Waals surface area contributed by atoms with E-state index in [-0.39, 0.29) is 5.41 Å². The minimum Gasteiger partial charge on any atom is -0.0619 e. The Labute approximate surface area is 229 Å². The number of benzene rings is 7. The third-order valence-electron chi connectivity index (χ3n) is 8.85. The van der Waals surface area contributed by atoms with Crippen molar-refractivity contribution in [1.29, 1.82) is 0 Å². The number of hydrogen-bond acceptors (Lipinski definition) is 0. The van der Waals surface area contributed by atoms with E-state index in [0.29, 0.717) is 0 Å². The van der Waals surface area contributed by atoms with Crippen molar-refractivity contribution in [1.82, 2.24) is 0 Å². The SMILES string of the molecule is CC1(C)c2ccccc2-c2c3ccccc3c(-c3ccc(-c4ccc5ccccc5c4)cc3)c3cccc1c23. The van der Waals surface area contributed by atoms with Crippen LogP contribution in [0.1, 0.15) is 25.0 Å². The Morgan fingerprint density at radius 3 is 1.82 bits per heavy atom. The number of fused-ring (bicyclic) bond motifs is 5. The Hall–Kier alpha value is -4.68. The van der Waals surface area contributed by atoms with Crippen molar-refractivity contribution < 1.29 is 0 Å². The Balaban J connectivity index is 1.40. The Bertz CT molecular complexity index is 2070. The molecule has 0 fully saturated rings. The monoisotopic (exact) mass is 496 g/mol. The lowest BCUT2D eigenvalue weighted by Gasteiger charge is -2.36. The van der Waals surface area contributed by atoms with E-state index in [2.05, 4.69) is 147 Å². The number of rotatable bonds is 2. The predicted molar refractivity (Wildman–Crippen MR) is 167 cm³/mol. The molecule has 0 heterocycles. The van der Waals surface area contributed by atoms with E-state index < -0.39 is 0 Å². The van der Waals surface area contributed by atoms with Gasteiger partial charge in [0.05, 0.1) is 0 Å². The molecule has 0 spiro atoms. The summed E-state index contributed by atoms with van der Waals surface area (Å²) >= 11 is 0. The second-order valence-corrected chi connectivity index (χ2v) is 11.3. The lowest BCUT2D eigenvalue weighted by atomic mass is 9.67. The van der Waals surface area contributed by atoms with E-state index in [4.69, 9.17) is 0 Å². The second kappa shape index (κ2) is 8.16. The van der Waals surface area contributed by atoms with Crippen LogP contribution in [0, 0.1) is 0 Å². The summed E-state index contributed by atoms with van der Waals surface area (Å²) in [7, 11) is 0. The van der Waals surface area contributed by atoms with Crippen molar-refractivity contribution >= 4 is 32.3 Å². The fraction of sp³-hybridized carbons (Fsp3) is 0.0769. The summed E-state index contributed by atoms with van der Waals surface area (Å²) in [4.78, 5) is 0. The summed E-state index contributed by atoms with van der Waals surface area (Å²) in [5.74, 6) is 0. The smallest absolute Gasteiger partial charge is 0.0159 e. The zero-order valence-electron chi connectivity index (χ0n) is 22.2. The van der Waals surface area contributed by atoms with Crippen molar-refractivity contribution in [2.75, 3.05) is 0 Å². The molecular weight excluding hydrogens is 468 g/mol. The van der Waals surface area contributed by atoms with Gasteiger partial charge >= 0.3 is 0 Å². The minimum atomic E-state index is -0.0667. The molecule has 7 aromatic rings. The lowest BCUT2D eigenvalue weighted by molar-refractivity contribution is 0.645. The zero-order chi connectivity index (χ0) is 26.1. The molecule has 39 heavy (non-hydrogen) atoms. The van der Waals surface area contributed by atoms with E-state index >= 15 is 0 Å². The largest absolute Gasteiger partial charge is 0.0619 e. The highest BCUT2D eigenvalue weighted by Crippen LogP contribution is 2.53. The normalized spacial score (nSPS) is 13.6. The molecule has 0 saturated heterocycles. The Morgan fingerprint density at radius 2 is 1.00 bits per heavy atom. The Kier molecular flexibility index (Phi) is 4.67. The third kappa shape index (κ3) is 3.18. The first-order chi connectivity index (χ1) is 19.1. The molecule has 0 aromatic heterocycles. The summed E-state index contributed by atoms with van der Waals surface area (Å²) in [6.45, 7) is 4.74. The molecule has 0 heteroatoms. The van der Waals surface area contributed by atoms with Crippen molar-refractivity contribution in [3.63, 3.8) is 0 Å². The highest BCUT2D eigenvalue weighted by molar-refractivity contribution is 6.23. The van der Waals surface area contributed by atoms with Gasteiger partial charge in [-0.2, -0.15) is 0 Å². The van der Waals surface area contributed by atoms with Gasteiger partial charge in [0, 0.05) is 5.41 Å². The first-order valence-corrected chi connectivity index (χ1v) is 13.8. The molecule has 1 aliphatic carbocycles. The molecule has 0 amide bonds. The summed E-state index contributed by atoms with van der Waals surface area (Å²) in [6, 6.07) is 49.4. The van der Waals surface area contributed by atoms with Gasteiger partial charge in [0.15, 0.2) is 0 Å². The summed E-state index contributed by atoms with van der Waals surface area (Å²) in [5, 5.41) is 7.92. The van der Waals surface area contributed by atoms with E-state index in [1.54, 1.807) is 0 Å². The van der Waals surface area contributed by atoms with Crippen molar-refractivity contribution in [2.24, 2.45) is 0 Å². The third-order valence-corrected chi connectivity index (χ3v) is 8.85. The van der Waals surface area contributed by atoms with Gasteiger partial charge in [-0.25, -0.2) is 0 Å². The van der Waals surface area contributed by atoms with Crippen molar-refractivity contribution in [3.8, 4) is 33.4 Å². The molecule has 0 saturated carbocycles. The van der Waals surface area contributed by atoms with Gasteiger partial charge in [0.25, 0.3) is 0 Å². The van der Waals surface area contributed by atoms with Crippen LogP contribution in [0.4, 0.5) is 0 Å². The first-order valence-electron chi connectivity index (χ1n) is 13.8. The molecule has 0 unspecified atom stereocenters. The van der Waals surface area contributed by atoms with E-state index in [0.717, 1.165) is 0 Å². The van der Waals surface area contributed by atoms with E-state index in [9.17, 15) is 0 Å². The standard InChI is InChI=1S/C39H28/c1-39(2)34-16-8-7-14-32(34)37-31-13-6-5-12-30(31)36(33-15-9-17-35(39)38(33)37)27-21-18-26(19-22-27)29-23-20-25-10-3-4-11-28(25)24-29/h3-24H,1-2H3. The highest BCUT2D eigenvalue weighted by Gasteiger charge is 2.34. The minimum absolute atomic E-state index is 0.0667. The average molecular weight is 497 g/mol. The topological polar surface area (TPSA) is 0 Å². The quantitative estimate of drug-likeness (QED) is 0.209. The molecular formula is C39H28. The van der Waals surface area contributed by atoms with Crippen molar-refractivity contribution in [2.45, 2.75) is 19.3 Å². The number of hydrogen-bond donors (Lipinski definition) is 0. The van der Waals surface area contributed by atoms with Gasteiger partial charge in [0.1, 0.15) is 0 Å². The Morgan fingerprint density at radius 1 is 0.410 bits per heavy atom.